The summed E-state index contributed by atoms with van der Waals surface area (Å²) >= 11 is 0. The maximum atomic E-state index is 11.5. The van der Waals surface area contributed by atoms with Gasteiger partial charge in [0.2, 0.25) is 5.91 Å². The third-order valence-corrected chi connectivity index (χ3v) is 3.34. The van der Waals surface area contributed by atoms with Crippen molar-refractivity contribution in [1.82, 2.24) is 0 Å². The fourth-order valence-corrected chi connectivity index (χ4v) is 1.96. The van der Waals surface area contributed by atoms with Crippen LogP contribution in [0.3, 0.4) is 0 Å². The van der Waals surface area contributed by atoms with Gasteiger partial charge in [0.05, 0.1) is 12.8 Å². The Balaban J connectivity index is 2.10. The van der Waals surface area contributed by atoms with Crippen LogP contribution in [0.4, 0.5) is 11.4 Å². The molecule has 0 atom stereocenters. The molecular formula is C16H20N2O2. The molecule has 0 fully saturated rings. The summed E-state index contributed by atoms with van der Waals surface area (Å²) in [5.74, 6) is 0.944. The van der Waals surface area contributed by atoms with Gasteiger partial charge in [0.15, 0.2) is 0 Å². The van der Waals surface area contributed by atoms with Crippen LogP contribution in [0.15, 0.2) is 34.9 Å². The highest BCUT2D eigenvalue weighted by molar-refractivity contribution is 5.92. The summed E-state index contributed by atoms with van der Waals surface area (Å²) in [6.45, 7) is 6.48. The molecule has 0 unspecified atom stereocenters. The van der Waals surface area contributed by atoms with Gasteiger partial charge in [0.1, 0.15) is 5.76 Å². The molecule has 0 radical (unpaired) electrons. The van der Waals surface area contributed by atoms with E-state index in [1.54, 1.807) is 6.26 Å². The van der Waals surface area contributed by atoms with E-state index < -0.39 is 0 Å². The fourth-order valence-electron chi connectivity index (χ4n) is 1.96. The van der Waals surface area contributed by atoms with Crippen molar-refractivity contribution < 1.29 is 9.21 Å². The number of carbonyl (C=O) groups is 1. The number of carbonyl (C=O) groups excluding carboxylic acids is 1. The van der Waals surface area contributed by atoms with Crippen LogP contribution >= 0.6 is 0 Å². The van der Waals surface area contributed by atoms with E-state index in [-0.39, 0.29) is 5.91 Å². The quantitative estimate of drug-likeness (QED) is 0.869. The van der Waals surface area contributed by atoms with Crippen molar-refractivity contribution in [3.63, 3.8) is 0 Å². The topological polar surface area (TPSA) is 54.3 Å². The number of benzene rings is 1. The molecule has 2 rings (SSSR count). The molecule has 4 nitrogen and oxygen atoms in total. The second kappa shape index (κ2) is 6.28. The summed E-state index contributed by atoms with van der Waals surface area (Å²) in [5.41, 5.74) is 4.00. The first-order valence-corrected chi connectivity index (χ1v) is 6.78. The van der Waals surface area contributed by atoms with E-state index in [9.17, 15) is 4.79 Å². The minimum atomic E-state index is 0.0205. The van der Waals surface area contributed by atoms with Crippen molar-refractivity contribution >= 4 is 17.3 Å². The van der Waals surface area contributed by atoms with Crippen LogP contribution in [0.1, 0.15) is 30.2 Å². The predicted molar refractivity (Wildman–Crippen MR) is 80.9 cm³/mol. The summed E-state index contributed by atoms with van der Waals surface area (Å²) < 4.78 is 5.41. The lowest BCUT2D eigenvalue weighted by atomic mass is 10.1. The van der Waals surface area contributed by atoms with Crippen molar-refractivity contribution in [2.45, 2.75) is 33.7 Å². The van der Waals surface area contributed by atoms with Crippen molar-refractivity contribution in [2.24, 2.45) is 0 Å². The lowest BCUT2D eigenvalue weighted by Crippen LogP contribution is -2.11. The lowest BCUT2D eigenvalue weighted by molar-refractivity contribution is -0.115. The van der Waals surface area contributed by atoms with Crippen LogP contribution in [-0.4, -0.2) is 5.91 Å². The molecular weight excluding hydrogens is 252 g/mol. The second-order valence-corrected chi connectivity index (χ2v) is 4.76. The third kappa shape index (κ3) is 3.20. The highest BCUT2D eigenvalue weighted by atomic mass is 16.3. The highest BCUT2D eigenvalue weighted by Crippen LogP contribution is 2.24. The SMILES string of the molecule is CCC(=O)Nc1cccc(NCc2occc2C)c1C. The van der Waals surface area contributed by atoms with Crippen LogP contribution in [0.5, 0.6) is 0 Å². The second-order valence-electron chi connectivity index (χ2n) is 4.76. The first-order chi connectivity index (χ1) is 9.61. The molecule has 1 amide bonds. The molecule has 20 heavy (non-hydrogen) atoms. The number of anilines is 2. The smallest absolute Gasteiger partial charge is 0.224 e. The molecule has 0 bridgehead atoms. The number of amides is 1. The maximum absolute atomic E-state index is 11.5. The Morgan fingerprint density at radius 2 is 1.95 bits per heavy atom. The molecule has 0 aliphatic rings. The standard InChI is InChI=1S/C16H20N2O2/c1-4-16(19)18-14-7-5-6-13(12(14)3)17-10-15-11(2)8-9-20-15/h5-9,17H,4,10H2,1-3H3,(H,18,19). The molecule has 1 aromatic heterocycles. The number of aryl methyl sites for hydroxylation is 1. The molecule has 2 aromatic rings. The van der Waals surface area contributed by atoms with E-state index in [4.69, 9.17) is 4.42 Å². The fraction of sp³-hybridized carbons (Fsp3) is 0.312. The Morgan fingerprint density at radius 3 is 2.60 bits per heavy atom. The summed E-state index contributed by atoms with van der Waals surface area (Å²) in [5, 5.41) is 6.25. The van der Waals surface area contributed by atoms with Crippen LogP contribution in [0, 0.1) is 13.8 Å². The van der Waals surface area contributed by atoms with Crippen molar-refractivity contribution in [3.05, 3.63) is 47.4 Å². The first-order valence-electron chi connectivity index (χ1n) is 6.78. The molecule has 0 aliphatic heterocycles. The van der Waals surface area contributed by atoms with Gasteiger partial charge in [-0.2, -0.15) is 0 Å². The van der Waals surface area contributed by atoms with Crippen molar-refractivity contribution in [1.29, 1.82) is 0 Å². The van der Waals surface area contributed by atoms with E-state index in [0.717, 1.165) is 28.3 Å². The van der Waals surface area contributed by atoms with Crippen LogP contribution in [0.2, 0.25) is 0 Å². The summed E-state index contributed by atoms with van der Waals surface area (Å²) in [4.78, 5) is 11.5. The number of hydrogen-bond donors (Lipinski definition) is 2. The van der Waals surface area contributed by atoms with Gasteiger partial charge < -0.3 is 15.1 Å². The zero-order valence-corrected chi connectivity index (χ0v) is 12.1. The molecule has 0 saturated carbocycles. The summed E-state index contributed by atoms with van der Waals surface area (Å²) in [7, 11) is 0. The Bertz CT molecular complexity index is 602. The maximum Gasteiger partial charge on any atom is 0.224 e. The van der Waals surface area contributed by atoms with Crippen LogP contribution in [0.25, 0.3) is 0 Å². The van der Waals surface area contributed by atoms with Gasteiger partial charge in [-0.05, 0) is 43.2 Å². The molecule has 1 aromatic carbocycles. The summed E-state index contributed by atoms with van der Waals surface area (Å²) in [6, 6.07) is 7.78. The normalized spacial score (nSPS) is 10.3. The van der Waals surface area contributed by atoms with E-state index >= 15 is 0 Å². The molecule has 1 heterocycles. The van der Waals surface area contributed by atoms with E-state index in [0.29, 0.717) is 13.0 Å². The van der Waals surface area contributed by atoms with E-state index in [1.165, 1.54) is 0 Å². The van der Waals surface area contributed by atoms with Gasteiger partial charge in [-0.15, -0.1) is 0 Å². The van der Waals surface area contributed by atoms with Crippen LogP contribution < -0.4 is 10.6 Å². The Hall–Kier alpha value is -2.23. The molecule has 2 N–H and O–H groups in total. The Kier molecular flexibility index (Phi) is 4.45. The van der Waals surface area contributed by atoms with E-state index in [1.807, 2.05) is 45.0 Å². The Labute approximate surface area is 119 Å². The van der Waals surface area contributed by atoms with Gasteiger partial charge in [-0.1, -0.05) is 13.0 Å². The lowest BCUT2D eigenvalue weighted by Gasteiger charge is -2.13. The van der Waals surface area contributed by atoms with Gasteiger partial charge >= 0.3 is 0 Å². The largest absolute Gasteiger partial charge is 0.467 e. The van der Waals surface area contributed by atoms with Gasteiger partial charge in [0.25, 0.3) is 0 Å². The average molecular weight is 272 g/mol. The zero-order valence-electron chi connectivity index (χ0n) is 12.1. The third-order valence-electron chi connectivity index (χ3n) is 3.34. The van der Waals surface area contributed by atoms with Gasteiger partial charge in [-0.3, -0.25) is 4.79 Å². The number of furan rings is 1. The summed E-state index contributed by atoms with van der Waals surface area (Å²) in [6.07, 6.45) is 2.17. The van der Waals surface area contributed by atoms with Gasteiger partial charge in [-0.25, -0.2) is 0 Å². The molecule has 0 aliphatic carbocycles. The van der Waals surface area contributed by atoms with E-state index in [2.05, 4.69) is 10.6 Å². The monoisotopic (exact) mass is 272 g/mol. The average Bonchev–Trinajstić information content (AvgIpc) is 2.85. The molecule has 4 heteroatoms. The number of hydrogen-bond acceptors (Lipinski definition) is 3. The van der Waals surface area contributed by atoms with Crippen molar-refractivity contribution in [3.8, 4) is 0 Å². The molecule has 0 saturated heterocycles. The Morgan fingerprint density at radius 1 is 1.20 bits per heavy atom. The number of rotatable bonds is 5. The van der Waals surface area contributed by atoms with Crippen molar-refractivity contribution in [2.75, 3.05) is 10.6 Å². The molecule has 0 spiro atoms. The highest BCUT2D eigenvalue weighted by Gasteiger charge is 2.07. The van der Waals surface area contributed by atoms with Crippen LogP contribution in [-0.2, 0) is 11.3 Å². The minimum absolute atomic E-state index is 0.0205. The zero-order chi connectivity index (χ0) is 14.5. The minimum Gasteiger partial charge on any atom is -0.467 e. The van der Waals surface area contributed by atoms with Gasteiger partial charge in [0, 0.05) is 17.8 Å². The number of nitrogens with one attached hydrogen (secondary N) is 2. The first kappa shape index (κ1) is 14.2. The molecule has 106 valence electrons. The predicted octanol–water partition coefficient (Wildman–Crippen LogP) is 3.86.